The Morgan fingerprint density at radius 2 is 1.82 bits per heavy atom. The Morgan fingerprint density at radius 3 is 2.50 bits per heavy atom. The van der Waals surface area contributed by atoms with Crippen LogP contribution in [0.1, 0.15) is 37.0 Å². The number of piperazine rings is 1. The van der Waals surface area contributed by atoms with Crippen LogP contribution in [0.25, 0.3) is 0 Å². The second-order valence-corrected chi connectivity index (χ2v) is 6.71. The maximum Gasteiger partial charge on any atom is 0.254 e. The van der Waals surface area contributed by atoms with Gasteiger partial charge in [0.1, 0.15) is 0 Å². The van der Waals surface area contributed by atoms with E-state index in [1.165, 1.54) is 0 Å². The van der Waals surface area contributed by atoms with Gasteiger partial charge in [0.15, 0.2) is 11.5 Å². The second-order valence-electron chi connectivity index (χ2n) is 6.71. The first kappa shape index (κ1) is 13.9. The quantitative estimate of drug-likeness (QED) is 0.839. The molecule has 0 aliphatic carbocycles. The highest BCUT2D eigenvalue weighted by molar-refractivity contribution is 5.95. The molecule has 3 heterocycles. The lowest BCUT2D eigenvalue weighted by Crippen LogP contribution is -2.57. The Kier molecular flexibility index (Phi) is 3.26. The van der Waals surface area contributed by atoms with Crippen LogP contribution in [0.2, 0.25) is 0 Å². The van der Waals surface area contributed by atoms with Crippen molar-refractivity contribution in [3.63, 3.8) is 0 Å². The first-order valence-corrected chi connectivity index (χ1v) is 8.10. The van der Waals surface area contributed by atoms with E-state index in [0.29, 0.717) is 29.4 Å². The number of benzene rings is 1. The molecular formula is C17H22N2O3. The summed E-state index contributed by atoms with van der Waals surface area (Å²) in [5.41, 5.74) is 0.708. The predicted octanol–water partition coefficient (Wildman–Crippen LogP) is 2.11. The number of nitrogens with zero attached hydrogens (tertiary/aromatic N) is 2. The number of carbonyl (C=O) groups is 1. The summed E-state index contributed by atoms with van der Waals surface area (Å²) in [6.45, 7) is 6.68. The maximum absolute atomic E-state index is 12.9. The van der Waals surface area contributed by atoms with E-state index in [-0.39, 0.29) is 12.7 Å². The van der Waals surface area contributed by atoms with Gasteiger partial charge in [-0.15, -0.1) is 0 Å². The van der Waals surface area contributed by atoms with Crippen LogP contribution in [-0.4, -0.2) is 53.7 Å². The van der Waals surface area contributed by atoms with Crippen molar-refractivity contribution in [3.05, 3.63) is 23.8 Å². The molecule has 5 nitrogen and oxygen atoms in total. The number of hydrogen-bond acceptors (Lipinski definition) is 4. The van der Waals surface area contributed by atoms with E-state index in [1.54, 1.807) is 0 Å². The fourth-order valence-electron chi connectivity index (χ4n) is 3.87. The fraction of sp³-hybridized carbons (Fsp3) is 0.588. The highest BCUT2D eigenvalue weighted by Crippen LogP contribution is 2.36. The van der Waals surface area contributed by atoms with E-state index >= 15 is 0 Å². The van der Waals surface area contributed by atoms with Crippen LogP contribution in [0.5, 0.6) is 11.5 Å². The van der Waals surface area contributed by atoms with Crippen molar-refractivity contribution in [2.24, 2.45) is 0 Å². The summed E-state index contributed by atoms with van der Waals surface area (Å²) in [5.74, 6) is 1.54. The fourth-order valence-corrected chi connectivity index (χ4v) is 3.87. The summed E-state index contributed by atoms with van der Waals surface area (Å²) < 4.78 is 10.7. The Labute approximate surface area is 130 Å². The summed E-state index contributed by atoms with van der Waals surface area (Å²) in [4.78, 5) is 17.5. The molecular weight excluding hydrogens is 280 g/mol. The summed E-state index contributed by atoms with van der Waals surface area (Å²) in [6, 6.07) is 6.74. The molecule has 118 valence electrons. The van der Waals surface area contributed by atoms with Crippen molar-refractivity contribution in [2.45, 2.75) is 44.8 Å². The number of fused-ring (bicyclic) bond motifs is 3. The van der Waals surface area contributed by atoms with E-state index in [2.05, 4.69) is 23.6 Å². The van der Waals surface area contributed by atoms with Gasteiger partial charge in [-0.3, -0.25) is 9.69 Å². The average Bonchev–Trinajstić information content (AvgIpc) is 3.07. The molecule has 0 aromatic heterocycles. The molecule has 3 aliphatic rings. The molecule has 1 amide bonds. The summed E-state index contributed by atoms with van der Waals surface area (Å²) >= 11 is 0. The largest absolute Gasteiger partial charge is 0.454 e. The third-order valence-electron chi connectivity index (χ3n) is 5.09. The van der Waals surface area contributed by atoms with E-state index in [9.17, 15) is 4.79 Å². The van der Waals surface area contributed by atoms with Gasteiger partial charge in [0.2, 0.25) is 6.79 Å². The van der Waals surface area contributed by atoms with Crippen LogP contribution in [0.15, 0.2) is 18.2 Å². The maximum atomic E-state index is 12.9. The van der Waals surface area contributed by atoms with Gasteiger partial charge in [-0.1, -0.05) is 0 Å². The minimum Gasteiger partial charge on any atom is -0.454 e. The van der Waals surface area contributed by atoms with Crippen molar-refractivity contribution in [3.8, 4) is 11.5 Å². The third-order valence-corrected chi connectivity index (χ3v) is 5.09. The number of likely N-dealkylation sites (tertiary alicyclic amines) is 1. The van der Waals surface area contributed by atoms with Crippen LogP contribution < -0.4 is 9.47 Å². The van der Waals surface area contributed by atoms with Gasteiger partial charge in [0.25, 0.3) is 5.91 Å². The highest BCUT2D eigenvalue weighted by atomic mass is 16.7. The first-order chi connectivity index (χ1) is 10.6. The minimum atomic E-state index is 0.134. The van der Waals surface area contributed by atoms with Crippen molar-refractivity contribution in [1.82, 2.24) is 9.80 Å². The molecule has 2 atom stereocenters. The van der Waals surface area contributed by atoms with Gasteiger partial charge in [-0.25, -0.2) is 0 Å². The van der Waals surface area contributed by atoms with Gasteiger partial charge in [0, 0.05) is 36.8 Å². The average molecular weight is 302 g/mol. The molecule has 2 saturated heterocycles. The number of hydrogen-bond donors (Lipinski definition) is 0. The number of carbonyl (C=O) groups excluding carboxylic acids is 1. The van der Waals surface area contributed by atoms with Gasteiger partial charge in [0.05, 0.1) is 0 Å². The zero-order chi connectivity index (χ0) is 15.3. The summed E-state index contributed by atoms with van der Waals surface area (Å²) in [7, 11) is 0. The van der Waals surface area contributed by atoms with Crippen molar-refractivity contribution in [2.75, 3.05) is 19.9 Å². The van der Waals surface area contributed by atoms with Crippen LogP contribution >= 0.6 is 0 Å². The summed E-state index contributed by atoms with van der Waals surface area (Å²) in [6.07, 6.45) is 2.23. The molecule has 1 aromatic carbocycles. The summed E-state index contributed by atoms with van der Waals surface area (Å²) in [5, 5.41) is 0. The first-order valence-electron chi connectivity index (χ1n) is 8.10. The van der Waals surface area contributed by atoms with Crippen molar-refractivity contribution < 1.29 is 14.3 Å². The monoisotopic (exact) mass is 302 g/mol. The van der Waals surface area contributed by atoms with Crippen LogP contribution in [0.4, 0.5) is 0 Å². The second kappa shape index (κ2) is 5.16. The lowest BCUT2D eigenvalue weighted by atomic mass is 10.1. The number of ether oxygens (including phenoxy) is 2. The molecule has 0 N–H and O–H groups in total. The molecule has 0 saturated carbocycles. The predicted molar refractivity (Wildman–Crippen MR) is 82.3 cm³/mol. The highest BCUT2D eigenvalue weighted by Gasteiger charge is 2.43. The van der Waals surface area contributed by atoms with E-state index in [1.807, 2.05) is 18.2 Å². The molecule has 3 aliphatic heterocycles. The zero-order valence-corrected chi connectivity index (χ0v) is 13.1. The molecule has 2 bridgehead atoms. The number of rotatable bonds is 2. The van der Waals surface area contributed by atoms with Crippen LogP contribution in [0, 0.1) is 0 Å². The number of amides is 1. The molecule has 22 heavy (non-hydrogen) atoms. The van der Waals surface area contributed by atoms with Crippen molar-refractivity contribution in [1.29, 1.82) is 0 Å². The Morgan fingerprint density at radius 1 is 1.14 bits per heavy atom. The van der Waals surface area contributed by atoms with Gasteiger partial charge < -0.3 is 14.4 Å². The van der Waals surface area contributed by atoms with Crippen molar-refractivity contribution >= 4 is 5.91 Å². The van der Waals surface area contributed by atoms with Gasteiger partial charge >= 0.3 is 0 Å². The zero-order valence-electron chi connectivity index (χ0n) is 13.1. The van der Waals surface area contributed by atoms with E-state index in [0.717, 1.165) is 31.7 Å². The Hall–Kier alpha value is -1.75. The van der Waals surface area contributed by atoms with E-state index in [4.69, 9.17) is 9.47 Å². The topological polar surface area (TPSA) is 42.0 Å². The lowest BCUT2D eigenvalue weighted by molar-refractivity contribution is 0.0349. The Bertz CT molecular complexity index is 588. The van der Waals surface area contributed by atoms with Gasteiger partial charge in [-0.05, 0) is 44.9 Å². The standard InChI is InChI=1S/C17H22N2O3/c1-11(2)18-8-13-4-5-14(9-18)19(13)17(20)12-3-6-15-16(7-12)22-10-21-15/h3,6-7,11,13-14H,4-5,8-10H2,1-2H3. The Balaban J connectivity index is 1.56. The molecule has 5 heteroatoms. The van der Waals surface area contributed by atoms with E-state index < -0.39 is 0 Å². The molecule has 2 fully saturated rings. The molecule has 0 radical (unpaired) electrons. The molecule has 2 unspecified atom stereocenters. The lowest BCUT2D eigenvalue weighted by Gasteiger charge is -2.42. The van der Waals surface area contributed by atoms with Crippen LogP contribution in [-0.2, 0) is 0 Å². The normalized spacial score (nSPS) is 26.8. The SMILES string of the molecule is CC(C)N1CC2CCC(C1)N2C(=O)c1ccc2c(c1)OCO2. The molecule has 0 spiro atoms. The van der Waals surface area contributed by atoms with Gasteiger partial charge in [-0.2, -0.15) is 0 Å². The molecule has 4 rings (SSSR count). The minimum absolute atomic E-state index is 0.134. The smallest absolute Gasteiger partial charge is 0.254 e. The van der Waals surface area contributed by atoms with Crippen LogP contribution in [0.3, 0.4) is 0 Å². The third kappa shape index (κ3) is 2.15. The molecule has 1 aromatic rings.